The van der Waals surface area contributed by atoms with Crippen LogP contribution in [0.25, 0.3) is 0 Å². The summed E-state index contributed by atoms with van der Waals surface area (Å²) in [6, 6.07) is 0.640. The molecule has 1 aliphatic rings. The molecule has 1 aromatic heterocycles. The highest BCUT2D eigenvalue weighted by atomic mass is 32.2. The summed E-state index contributed by atoms with van der Waals surface area (Å²) in [5.74, 6) is -0.993. The lowest BCUT2D eigenvalue weighted by Gasteiger charge is -2.23. The predicted octanol–water partition coefficient (Wildman–Crippen LogP) is 0.663. The lowest BCUT2D eigenvalue weighted by atomic mass is 10.2. The van der Waals surface area contributed by atoms with Gasteiger partial charge in [-0.05, 0) is 6.92 Å². The fraction of sp³-hybridized carbons (Fsp3) is 0.444. The number of hydrogen-bond acceptors (Lipinski definition) is 5. The minimum absolute atomic E-state index is 0.139. The highest BCUT2D eigenvalue weighted by Crippen LogP contribution is 2.29. The molecule has 6 nitrogen and oxygen atoms in total. The van der Waals surface area contributed by atoms with Crippen LogP contribution < -0.4 is 0 Å². The number of rotatable bonds is 2. The summed E-state index contributed by atoms with van der Waals surface area (Å²) in [5.41, 5.74) is 0.139. The van der Waals surface area contributed by atoms with Crippen molar-refractivity contribution in [3.63, 3.8) is 0 Å². The Morgan fingerprint density at radius 1 is 1.69 bits per heavy atom. The molecule has 0 aliphatic carbocycles. The van der Waals surface area contributed by atoms with Crippen molar-refractivity contribution in [2.75, 3.05) is 5.75 Å². The van der Waals surface area contributed by atoms with Gasteiger partial charge in [0.2, 0.25) is 0 Å². The molecule has 1 aromatic rings. The number of carboxylic acids is 1. The number of carbonyl (C=O) groups excluding carboxylic acids is 1. The van der Waals surface area contributed by atoms with Gasteiger partial charge in [0.15, 0.2) is 5.69 Å². The van der Waals surface area contributed by atoms with Crippen LogP contribution in [0, 0.1) is 0 Å². The summed E-state index contributed by atoms with van der Waals surface area (Å²) in [4.78, 5) is 24.3. The summed E-state index contributed by atoms with van der Waals surface area (Å²) in [6.07, 6.45) is 1.29. The fourth-order valence-corrected chi connectivity index (χ4v) is 2.76. The van der Waals surface area contributed by atoms with E-state index in [4.69, 9.17) is 5.11 Å². The van der Waals surface area contributed by atoms with E-state index in [0.29, 0.717) is 5.75 Å². The zero-order valence-corrected chi connectivity index (χ0v) is 9.31. The molecular weight excluding hydrogens is 232 g/mol. The monoisotopic (exact) mass is 242 g/mol. The molecular formula is C9H10N2O4S. The second-order valence-electron chi connectivity index (χ2n) is 3.38. The lowest BCUT2D eigenvalue weighted by molar-refractivity contribution is -0.141. The normalized spacial score (nSPS) is 24.7. The van der Waals surface area contributed by atoms with Crippen molar-refractivity contribution < 1.29 is 19.2 Å². The molecule has 0 spiro atoms. The number of hydrogen-bond donors (Lipinski definition) is 1. The van der Waals surface area contributed by atoms with Gasteiger partial charge in [-0.2, -0.15) is 0 Å². The number of carbonyl (C=O) groups is 2. The molecule has 86 valence electrons. The third-order valence-corrected chi connectivity index (χ3v) is 3.62. The largest absolute Gasteiger partial charge is 0.480 e. The average molecular weight is 242 g/mol. The van der Waals surface area contributed by atoms with E-state index >= 15 is 0 Å². The molecule has 7 heteroatoms. The van der Waals surface area contributed by atoms with Crippen LogP contribution in [0.3, 0.4) is 0 Å². The van der Waals surface area contributed by atoms with Crippen molar-refractivity contribution in [2.45, 2.75) is 18.3 Å². The Bertz CT molecular complexity index is 406. The van der Waals surface area contributed by atoms with Gasteiger partial charge >= 0.3 is 5.97 Å². The molecule has 1 fully saturated rings. The van der Waals surface area contributed by atoms with Crippen molar-refractivity contribution in [2.24, 2.45) is 0 Å². The third kappa shape index (κ3) is 1.78. The number of aromatic nitrogens is 1. The summed E-state index contributed by atoms with van der Waals surface area (Å²) in [5, 5.41) is 12.4. The van der Waals surface area contributed by atoms with E-state index in [1.165, 1.54) is 29.0 Å². The Kier molecular flexibility index (Phi) is 2.86. The highest BCUT2D eigenvalue weighted by Gasteiger charge is 2.40. The Morgan fingerprint density at radius 3 is 3.00 bits per heavy atom. The molecule has 2 rings (SSSR count). The molecule has 0 saturated carbocycles. The first kappa shape index (κ1) is 11.0. The van der Waals surface area contributed by atoms with E-state index in [9.17, 15) is 9.59 Å². The third-order valence-electron chi connectivity index (χ3n) is 2.40. The Hall–Kier alpha value is -1.50. The molecule has 16 heavy (non-hydrogen) atoms. The first-order valence-corrected chi connectivity index (χ1v) is 5.73. The van der Waals surface area contributed by atoms with E-state index in [1.54, 1.807) is 6.92 Å². The Labute approximate surface area is 95.6 Å². The van der Waals surface area contributed by atoms with Gasteiger partial charge in [0.1, 0.15) is 12.3 Å². The van der Waals surface area contributed by atoms with E-state index in [2.05, 4.69) is 9.68 Å². The molecule has 2 unspecified atom stereocenters. The number of carboxylic acid groups (broad SMARTS) is 1. The highest BCUT2D eigenvalue weighted by molar-refractivity contribution is 8.00. The maximum atomic E-state index is 12.0. The van der Waals surface area contributed by atoms with Gasteiger partial charge in [-0.3, -0.25) is 4.79 Å². The van der Waals surface area contributed by atoms with Crippen LogP contribution in [-0.2, 0) is 4.79 Å². The fourth-order valence-electron chi connectivity index (χ4n) is 1.60. The smallest absolute Gasteiger partial charge is 0.327 e. The number of aliphatic carboxylic acids is 1. The van der Waals surface area contributed by atoms with E-state index in [0.717, 1.165) is 0 Å². The number of thioether (sulfide) groups is 1. The minimum atomic E-state index is -0.992. The molecule has 2 heterocycles. The van der Waals surface area contributed by atoms with Gasteiger partial charge < -0.3 is 14.5 Å². The maximum absolute atomic E-state index is 12.0. The van der Waals surface area contributed by atoms with Crippen molar-refractivity contribution >= 4 is 23.6 Å². The van der Waals surface area contributed by atoms with Gasteiger partial charge in [-0.1, -0.05) is 5.16 Å². The summed E-state index contributed by atoms with van der Waals surface area (Å²) >= 11 is 1.43. The zero-order chi connectivity index (χ0) is 11.7. The number of amides is 1. The quantitative estimate of drug-likeness (QED) is 0.820. The van der Waals surface area contributed by atoms with Gasteiger partial charge in [0, 0.05) is 11.8 Å². The van der Waals surface area contributed by atoms with Crippen LogP contribution >= 0.6 is 11.8 Å². The molecule has 1 amide bonds. The van der Waals surface area contributed by atoms with Crippen molar-refractivity contribution in [1.29, 1.82) is 0 Å². The molecule has 0 bridgehead atoms. The topological polar surface area (TPSA) is 83.6 Å². The summed E-state index contributed by atoms with van der Waals surface area (Å²) < 4.78 is 4.57. The van der Waals surface area contributed by atoms with Gasteiger partial charge in [-0.25, -0.2) is 4.79 Å². The van der Waals surface area contributed by atoms with Gasteiger partial charge in [-0.15, -0.1) is 11.8 Å². The standard InChI is InChI=1S/C9H10N2O4S/c1-5-11(7(4-16-5)9(13)14)8(12)6-2-3-15-10-6/h2-3,5,7H,4H2,1H3,(H,13,14). The molecule has 1 N–H and O–H groups in total. The van der Waals surface area contributed by atoms with Crippen molar-refractivity contribution in [1.82, 2.24) is 10.1 Å². The molecule has 1 aliphatic heterocycles. The summed E-state index contributed by atoms with van der Waals surface area (Å²) in [6.45, 7) is 1.80. The second kappa shape index (κ2) is 4.17. The summed E-state index contributed by atoms with van der Waals surface area (Å²) in [7, 11) is 0. The molecule has 1 saturated heterocycles. The first-order chi connectivity index (χ1) is 7.61. The van der Waals surface area contributed by atoms with Crippen LogP contribution in [0.5, 0.6) is 0 Å². The average Bonchev–Trinajstić information content (AvgIpc) is 2.84. The predicted molar refractivity (Wildman–Crippen MR) is 56.0 cm³/mol. The SMILES string of the molecule is CC1SCC(C(=O)O)N1C(=O)c1ccon1. The van der Waals surface area contributed by atoms with Crippen LogP contribution in [-0.4, -0.2) is 44.2 Å². The van der Waals surface area contributed by atoms with Crippen LogP contribution in [0.1, 0.15) is 17.4 Å². The van der Waals surface area contributed by atoms with Gasteiger partial charge in [0.25, 0.3) is 5.91 Å². The Balaban J connectivity index is 2.24. The lowest BCUT2D eigenvalue weighted by Crippen LogP contribution is -2.44. The first-order valence-electron chi connectivity index (χ1n) is 4.68. The molecule has 2 atom stereocenters. The van der Waals surface area contributed by atoms with E-state index < -0.39 is 17.9 Å². The maximum Gasteiger partial charge on any atom is 0.327 e. The second-order valence-corrected chi connectivity index (χ2v) is 4.73. The van der Waals surface area contributed by atoms with Crippen molar-refractivity contribution in [3.05, 3.63) is 18.0 Å². The van der Waals surface area contributed by atoms with Crippen LogP contribution in [0.2, 0.25) is 0 Å². The van der Waals surface area contributed by atoms with Crippen LogP contribution in [0.4, 0.5) is 0 Å². The van der Waals surface area contributed by atoms with E-state index in [-0.39, 0.29) is 11.1 Å². The minimum Gasteiger partial charge on any atom is -0.480 e. The zero-order valence-electron chi connectivity index (χ0n) is 8.49. The molecule has 0 radical (unpaired) electrons. The van der Waals surface area contributed by atoms with E-state index in [1.807, 2.05) is 0 Å². The molecule has 0 aromatic carbocycles. The van der Waals surface area contributed by atoms with Crippen LogP contribution in [0.15, 0.2) is 16.9 Å². The number of nitrogens with zero attached hydrogens (tertiary/aromatic N) is 2. The Morgan fingerprint density at radius 2 is 2.44 bits per heavy atom. The van der Waals surface area contributed by atoms with Crippen molar-refractivity contribution in [3.8, 4) is 0 Å². The van der Waals surface area contributed by atoms with Gasteiger partial charge in [0.05, 0.1) is 5.37 Å².